The molecule has 0 bridgehead atoms. The van der Waals surface area contributed by atoms with Crippen LogP contribution in [0.2, 0.25) is 0 Å². The topological polar surface area (TPSA) is 59.2 Å². The Hall–Kier alpha value is -3.16. The molecule has 8 heteroatoms. The molecule has 2 aromatic carbocycles. The lowest BCUT2D eigenvalue weighted by Crippen LogP contribution is -2.36. The predicted octanol–water partition coefficient (Wildman–Crippen LogP) is 5.81. The summed E-state index contributed by atoms with van der Waals surface area (Å²) in [6.45, 7) is 7.05. The number of benzene rings is 2. The fourth-order valence-corrected chi connectivity index (χ4v) is 3.35. The number of rotatable bonds is 8. The molecule has 176 valence electrons. The lowest BCUT2D eigenvalue weighted by Gasteiger charge is -2.26. The smallest absolute Gasteiger partial charge is 0.342 e. The quantitative estimate of drug-likeness (QED) is 0.427. The average molecular weight is 460 g/mol. The van der Waals surface area contributed by atoms with E-state index in [1.807, 2.05) is 51.1 Å². The highest BCUT2D eigenvalue weighted by molar-refractivity contribution is 5.76. The number of nitrogens with zero attached hydrogens (tertiary/aromatic N) is 3. The van der Waals surface area contributed by atoms with Gasteiger partial charge in [0.25, 0.3) is 0 Å². The lowest BCUT2D eigenvalue weighted by atomic mass is 9.91. The number of halogens is 3. The van der Waals surface area contributed by atoms with Crippen LogP contribution >= 0.6 is 0 Å². The second-order valence-electron chi connectivity index (χ2n) is 9.19. The maximum Gasteiger partial charge on any atom is 0.416 e. The van der Waals surface area contributed by atoms with E-state index in [9.17, 15) is 18.0 Å². The van der Waals surface area contributed by atoms with E-state index in [0.717, 1.165) is 24.1 Å². The SMILES string of the molecule is CC(C)(C)CC(=O)N(CCc1ccccc1)CCc1nc(-c2ccc(C(F)(F)F)cc2)no1. The van der Waals surface area contributed by atoms with Crippen LogP contribution in [0.4, 0.5) is 13.2 Å². The first kappa shape index (κ1) is 24.5. The summed E-state index contributed by atoms with van der Waals surface area (Å²) in [4.78, 5) is 19.0. The van der Waals surface area contributed by atoms with Crippen molar-refractivity contribution in [1.82, 2.24) is 15.0 Å². The second-order valence-corrected chi connectivity index (χ2v) is 9.19. The van der Waals surface area contributed by atoms with E-state index in [1.54, 1.807) is 4.90 Å². The van der Waals surface area contributed by atoms with Crippen molar-refractivity contribution in [3.8, 4) is 11.4 Å². The highest BCUT2D eigenvalue weighted by Crippen LogP contribution is 2.30. The third-order valence-corrected chi connectivity index (χ3v) is 5.08. The van der Waals surface area contributed by atoms with Gasteiger partial charge in [0.1, 0.15) is 0 Å². The van der Waals surface area contributed by atoms with Crippen molar-refractivity contribution in [2.24, 2.45) is 5.41 Å². The molecule has 0 unspecified atom stereocenters. The van der Waals surface area contributed by atoms with Crippen LogP contribution in [0.25, 0.3) is 11.4 Å². The first-order valence-electron chi connectivity index (χ1n) is 10.8. The summed E-state index contributed by atoms with van der Waals surface area (Å²) in [6.07, 6.45) is -2.89. The van der Waals surface area contributed by atoms with Gasteiger partial charge in [0.05, 0.1) is 5.56 Å². The Morgan fingerprint density at radius 2 is 1.58 bits per heavy atom. The van der Waals surface area contributed by atoms with Crippen LogP contribution in [-0.2, 0) is 23.8 Å². The molecule has 0 aliphatic rings. The lowest BCUT2D eigenvalue weighted by molar-refractivity contribution is -0.137. The Bertz CT molecular complexity index is 1040. The van der Waals surface area contributed by atoms with Crippen LogP contribution in [0.5, 0.6) is 0 Å². The number of aromatic nitrogens is 2. The molecule has 0 aliphatic carbocycles. The minimum atomic E-state index is -4.40. The van der Waals surface area contributed by atoms with E-state index in [2.05, 4.69) is 10.1 Å². The van der Waals surface area contributed by atoms with Crippen molar-refractivity contribution in [3.63, 3.8) is 0 Å². The van der Waals surface area contributed by atoms with E-state index < -0.39 is 11.7 Å². The Morgan fingerprint density at radius 3 is 2.18 bits per heavy atom. The number of amides is 1. The monoisotopic (exact) mass is 459 g/mol. The fraction of sp³-hybridized carbons (Fsp3) is 0.400. The summed E-state index contributed by atoms with van der Waals surface area (Å²) in [5.74, 6) is 0.606. The number of hydrogen-bond donors (Lipinski definition) is 0. The summed E-state index contributed by atoms with van der Waals surface area (Å²) < 4.78 is 43.6. The fourth-order valence-electron chi connectivity index (χ4n) is 3.35. The van der Waals surface area contributed by atoms with Gasteiger partial charge in [0.2, 0.25) is 17.6 Å². The summed E-state index contributed by atoms with van der Waals surface area (Å²) in [5, 5.41) is 3.88. The molecule has 1 amide bonds. The van der Waals surface area contributed by atoms with Crippen LogP contribution in [0.15, 0.2) is 59.1 Å². The number of hydrogen-bond acceptors (Lipinski definition) is 4. The Morgan fingerprint density at radius 1 is 0.939 bits per heavy atom. The first-order chi connectivity index (χ1) is 15.5. The Labute approximate surface area is 191 Å². The zero-order valence-electron chi connectivity index (χ0n) is 19.0. The number of carbonyl (C=O) groups is 1. The molecule has 1 aromatic heterocycles. The maximum absolute atomic E-state index is 12.9. The van der Waals surface area contributed by atoms with Gasteiger partial charge in [-0.15, -0.1) is 0 Å². The molecule has 0 fully saturated rings. The maximum atomic E-state index is 12.9. The molecule has 33 heavy (non-hydrogen) atoms. The Balaban J connectivity index is 1.66. The molecule has 0 atom stereocenters. The van der Waals surface area contributed by atoms with Crippen molar-refractivity contribution < 1.29 is 22.5 Å². The van der Waals surface area contributed by atoms with Gasteiger partial charge in [-0.05, 0) is 29.5 Å². The van der Waals surface area contributed by atoms with E-state index in [4.69, 9.17) is 4.52 Å². The van der Waals surface area contributed by atoms with Crippen molar-refractivity contribution in [3.05, 3.63) is 71.6 Å². The molecule has 5 nitrogen and oxygen atoms in total. The van der Waals surface area contributed by atoms with Crippen LogP contribution in [0, 0.1) is 5.41 Å². The van der Waals surface area contributed by atoms with Gasteiger partial charge < -0.3 is 9.42 Å². The molecular weight excluding hydrogens is 431 g/mol. The van der Waals surface area contributed by atoms with Gasteiger partial charge >= 0.3 is 6.18 Å². The summed E-state index contributed by atoms with van der Waals surface area (Å²) in [7, 11) is 0. The van der Waals surface area contributed by atoms with E-state index in [1.165, 1.54) is 12.1 Å². The average Bonchev–Trinajstić information content (AvgIpc) is 3.22. The third kappa shape index (κ3) is 7.44. The number of alkyl halides is 3. The molecule has 0 spiro atoms. The minimum absolute atomic E-state index is 0.0564. The van der Waals surface area contributed by atoms with E-state index >= 15 is 0 Å². The second kappa shape index (κ2) is 10.2. The highest BCUT2D eigenvalue weighted by atomic mass is 19.4. The van der Waals surface area contributed by atoms with Gasteiger partial charge in [-0.1, -0.05) is 68.4 Å². The highest BCUT2D eigenvalue weighted by Gasteiger charge is 2.30. The molecule has 0 radical (unpaired) electrons. The zero-order valence-corrected chi connectivity index (χ0v) is 19.0. The van der Waals surface area contributed by atoms with Gasteiger partial charge in [-0.25, -0.2) is 0 Å². The van der Waals surface area contributed by atoms with Crippen molar-refractivity contribution in [2.45, 2.75) is 46.2 Å². The van der Waals surface area contributed by atoms with Crippen LogP contribution in [-0.4, -0.2) is 34.0 Å². The van der Waals surface area contributed by atoms with E-state index in [0.29, 0.717) is 37.4 Å². The van der Waals surface area contributed by atoms with Gasteiger partial charge in [-0.3, -0.25) is 4.79 Å². The minimum Gasteiger partial charge on any atom is -0.342 e. The predicted molar refractivity (Wildman–Crippen MR) is 119 cm³/mol. The zero-order chi connectivity index (χ0) is 24.1. The van der Waals surface area contributed by atoms with E-state index in [-0.39, 0.29) is 17.1 Å². The molecule has 1 heterocycles. The van der Waals surface area contributed by atoms with Gasteiger partial charge in [-0.2, -0.15) is 18.2 Å². The number of carbonyl (C=O) groups excluding carboxylic acids is 1. The van der Waals surface area contributed by atoms with Crippen molar-refractivity contribution in [2.75, 3.05) is 13.1 Å². The summed E-state index contributed by atoms with van der Waals surface area (Å²) >= 11 is 0. The molecular formula is C25H28F3N3O2. The standard InChI is InChI=1S/C25H28F3N3O2/c1-24(2,3)17-22(32)31(15-13-18-7-5-4-6-8-18)16-14-21-29-23(30-33-21)19-9-11-20(12-10-19)25(26,27)28/h4-12H,13-17H2,1-3H3. The Kier molecular flexibility index (Phi) is 7.56. The molecule has 3 aromatic rings. The van der Waals surface area contributed by atoms with Gasteiger partial charge in [0, 0.05) is 31.5 Å². The normalized spacial score (nSPS) is 12.1. The van der Waals surface area contributed by atoms with Crippen molar-refractivity contribution in [1.29, 1.82) is 0 Å². The van der Waals surface area contributed by atoms with Gasteiger partial charge in [0.15, 0.2) is 0 Å². The van der Waals surface area contributed by atoms with Crippen LogP contribution < -0.4 is 0 Å². The molecule has 0 saturated carbocycles. The summed E-state index contributed by atoms with van der Waals surface area (Å²) in [5.41, 5.74) is 0.708. The first-order valence-corrected chi connectivity index (χ1v) is 10.8. The molecule has 0 saturated heterocycles. The largest absolute Gasteiger partial charge is 0.416 e. The molecule has 0 N–H and O–H groups in total. The summed E-state index contributed by atoms with van der Waals surface area (Å²) in [6, 6.07) is 14.6. The van der Waals surface area contributed by atoms with Crippen LogP contribution in [0.1, 0.15) is 44.2 Å². The van der Waals surface area contributed by atoms with Crippen LogP contribution in [0.3, 0.4) is 0 Å². The molecule has 3 rings (SSSR count). The third-order valence-electron chi connectivity index (χ3n) is 5.08. The molecule has 0 aliphatic heterocycles. The van der Waals surface area contributed by atoms with Crippen molar-refractivity contribution >= 4 is 5.91 Å².